The van der Waals surface area contributed by atoms with Crippen molar-refractivity contribution in [3.8, 4) is 0 Å². The van der Waals surface area contributed by atoms with Gasteiger partial charge in [0.15, 0.2) is 0 Å². The predicted molar refractivity (Wildman–Crippen MR) is 62.2 cm³/mol. The molecule has 3 N–H and O–H groups in total. The maximum absolute atomic E-state index is 11.1. The molecular weight excluding hydrogens is 204 g/mol. The summed E-state index contributed by atoms with van der Waals surface area (Å²) in [6.07, 6.45) is 0. The number of nitrogens with zero attached hydrogens (tertiary/aromatic N) is 1. The third-order valence-electron chi connectivity index (χ3n) is 3.18. The maximum Gasteiger partial charge on any atom is 0.308 e. The van der Waals surface area contributed by atoms with Crippen LogP contribution in [0.3, 0.4) is 0 Å². The molecule has 1 heterocycles. The topological polar surface area (TPSA) is 66.6 Å². The van der Waals surface area contributed by atoms with Crippen molar-refractivity contribution < 1.29 is 9.90 Å². The number of carbonyl (C=O) groups is 1. The summed E-state index contributed by atoms with van der Waals surface area (Å²) in [5.74, 6) is -0.956. The van der Waals surface area contributed by atoms with Crippen molar-refractivity contribution in [1.29, 1.82) is 0 Å². The van der Waals surface area contributed by atoms with Crippen LogP contribution in [0.5, 0.6) is 0 Å². The van der Waals surface area contributed by atoms with Crippen LogP contribution in [0.25, 0.3) is 0 Å². The lowest BCUT2D eigenvalue weighted by molar-refractivity contribution is -0.141. The number of hydrogen-bond acceptors (Lipinski definition) is 3. The summed E-state index contributed by atoms with van der Waals surface area (Å²) in [6.45, 7) is 1.41. The van der Waals surface area contributed by atoms with Crippen molar-refractivity contribution >= 4 is 11.7 Å². The Kier molecular flexibility index (Phi) is 2.83. The number of nitrogen functional groups attached to an aromatic ring is 1. The first-order valence-corrected chi connectivity index (χ1v) is 5.34. The zero-order valence-corrected chi connectivity index (χ0v) is 9.26. The van der Waals surface area contributed by atoms with Crippen LogP contribution in [0.1, 0.15) is 11.5 Å². The standard InChI is InChI=1S/C12H16N2O2/c1-14-6-10(11(7-14)12(15)16)8-2-4-9(13)5-3-8/h2-5,10-11H,6-7,13H2,1H3,(H,15,16)/t10-,11+/m0/s1. The first-order valence-electron chi connectivity index (χ1n) is 5.34. The summed E-state index contributed by atoms with van der Waals surface area (Å²) in [6, 6.07) is 7.50. The SMILES string of the molecule is CN1C[C@@H](C(=O)O)[C@H](c2ccc(N)cc2)C1. The van der Waals surface area contributed by atoms with Gasteiger partial charge >= 0.3 is 5.97 Å². The Morgan fingerprint density at radius 1 is 1.38 bits per heavy atom. The number of nitrogens with two attached hydrogens (primary N) is 1. The quantitative estimate of drug-likeness (QED) is 0.730. The summed E-state index contributed by atoms with van der Waals surface area (Å²) in [7, 11) is 1.95. The van der Waals surface area contributed by atoms with Gasteiger partial charge in [0, 0.05) is 24.7 Å². The van der Waals surface area contributed by atoms with E-state index in [1.54, 1.807) is 0 Å². The summed E-state index contributed by atoms with van der Waals surface area (Å²) < 4.78 is 0. The van der Waals surface area contributed by atoms with Gasteiger partial charge in [0.05, 0.1) is 5.92 Å². The largest absolute Gasteiger partial charge is 0.481 e. The van der Waals surface area contributed by atoms with Crippen molar-refractivity contribution in [2.45, 2.75) is 5.92 Å². The fourth-order valence-electron chi connectivity index (χ4n) is 2.33. The number of aliphatic carboxylic acids is 1. The van der Waals surface area contributed by atoms with Crippen molar-refractivity contribution in [2.75, 3.05) is 25.9 Å². The van der Waals surface area contributed by atoms with Crippen LogP contribution in [0, 0.1) is 5.92 Å². The molecule has 0 aromatic heterocycles. The Bertz CT molecular complexity index is 389. The van der Waals surface area contributed by atoms with E-state index in [1.807, 2.05) is 31.3 Å². The first kappa shape index (κ1) is 11.0. The first-order chi connectivity index (χ1) is 7.58. The van der Waals surface area contributed by atoms with Gasteiger partial charge in [-0.05, 0) is 24.7 Å². The molecule has 2 atom stereocenters. The third-order valence-corrected chi connectivity index (χ3v) is 3.18. The highest BCUT2D eigenvalue weighted by Gasteiger charge is 2.36. The molecule has 0 unspecified atom stereocenters. The van der Waals surface area contributed by atoms with E-state index in [9.17, 15) is 4.79 Å². The Morgan fingerprint density at radius 3 is 2.56 bits per heavy atom. The molecule has 0 bridgehead atoms. The molecule has 16 heavy (non-hydrogen) atoms. The second-order valence-corrected chi connectivity index (χ2v) is 4.44. The molecule has 0 radical (unpaired) electrons. The van der Waals surface area contributed by atoms with Crippen LogP contribution in [-0.2, 0) is 4.79 Å². The van der Waals surface area contributed by atoms with Gasteiger partial charge in [-0.15, -0.1) is 0 Å². The van der Waals surface area contributed by atoms with Gasteiger partial charge in [0.2, 0.25) is 0 Å². The van der Waals surface area contributed by atoms with E-state index in [0.29, 0.717) is 12.2 Å². The minimum Gasteiger partial charge on any atom is -0.481 e. The number of rotatable bonds is 2. The van der Waals surface area contributed by atoms with E-state index in [0.717, 1.165) is 12.1 Å². The minimum atomic E-state index is -0.717. The lowest BCUT2D eigenvalue weighted by atomic mass is 9.89. The summed E-state index contributed by atoms with van der Waals surface area (Å²) in [4.78, 5) is 13.2. The van der Waals surface area contributed by atoms with Gasteiger partial charge in [-0.1, -0.05) is 12.1 Å². The van der Waals surface area contributed by atoms with Gasteiger partial charge in [-0.25, -0.2) is 0 Å². The predicted octanol–water partition coefficient (Wildman–Crippen LogP) is 0.999. The molecule has 0 spiro atoms. The van der Waals surface area contributed by atoms with Crippen molar-refractivity contribution in [1.82, 2.24) is 4.90 Å². The summed E-state index contributed by atoms with van der Waals surface area (Å²) in [5.41, 5.74) is 7.39. The molecular formula is C12H16N2O2. The fraction of sp³-hybridized carbons (Fsp3) is 0.417. The van der Waals surface area contributed by atoms with Crippen molar-refractivity contribution in [3.05, 3.63) is 29.8 Å². The molecule has 1 aromatic rings. The molecule has 1 aliphatic rings. The zero-order valence-electron chi connectivity index (χ0n) is 9.26. The zero-order chi connectivity index (χ0) is 11.7. The molecule has 1 aliphatic heterocycles. The van der Waals surface area contributed by atoms with Gasteiger partial charge in [0.1, 0.15) is 0 Å². The Balaban J connectivity index is 2.25. The number of likely N-dealkylation sites (tertiary alicyclic amines) is 1. The second kappa shape index (κ2) is 4.14. The summed E-state index contributed by atoms with van der Waals surface area (Å²) >= 11 is 0. The van der Waals surface area contributed by atoms with Crippen LogP contribution in [0.4, 0.5) is 5.69 Å². The average molecular weight is 220 g/mol. The smallest absolute Gasteiger partial charge is 0.308 e. The van der Waals surface area contributed by atoms with Gasteiger partial charge < -0.3 is 15.7 Å². The van der Waals surface area contributed by atoms with E-state index in [1.165, 1.54) is 0 Å². The molecule has 1 aromatic carbocycles. The number of carboxylic acid groups (broad SMARTS) is 1. The van der Waals surface area contributed by atoms with Crippen LogP contribution in [-0.4, -0.2) is 36.1 Å². The average Bonchev–Trinajstić information content (AvgIpc) is 2.61. The highest BCUT2D eigenvalue weighted by molar-refractivity contribution is 5.72. The van der Waals surface area contributed by atoms with E-state index in [-0.39, 0.29) is 11.8 Å². The second-order valence-electron chi connectivity index (χ2n) is 4.44. The van der Waals surface area contributed by atoms with Crippen LogP contribution < -0.4 is 5.73 Å². The Labute approximate surface area is 94.7 Å². The molecule has 1 fully saturated rings. The molecule has 1 saturated heterocycles. The lowest BCUT2D eigenvalue weighted by Gasteiger charge is -2.15. The molecule has 4 nitrogen and oxygen atoms in total. The Hall–Kier alpha value is -1.55. The number of carboxylic acids is 1. The molecule has 0 amide bonds. The van der Waals surface area contributed by atoms with Gasteiger partial charge in [-0.3, -0.25) is 4.79 Å². The highest BCUT2D eigenvalue weighted by atomic mass is 16.4. The minimum absolute atomic E-state index is 0.0723. The number of anilines is 1. The normalized spacial score (nSPS) is 25.8. The summed E-state index contributed by atoms with van der Waals surface area (Å²) in [5, 5.41) is 9.17. The molecule has 0 saturated carbocycles. The fourth-order valence-corrected chi connectivity index (χ4v) is 2.33. The van der Waals surface area contributed by atoms with E-state index in [2.05, 4.69) is 4.90 Å². The maximum atomic E-state index is 11.1. The number of likely N-dealkylation sites (N-methyl/N-ethyl adjacent to an activating group) is 1. The van der Waals surface area contributed by atoms with E-state index >= 15 is 0 Å². The van der Waals surface area contributed by atoms with Crippen LogP contribution >= 0.6 is 0 Å². The molecule has 86 valence electrons. The van der Waals surface area contributed by atoms with E-state index in [4.69, 9.17) is 10.8 Å². The number of hydrogen-bond donors (Lipinski definition) is 2. The Morgan fingerprint density at radius 2 is 2.00 bits per heavy atom. The third kappa shape index (κ3) is 2.02. The van der Waals surface area contributed by atoms with E-state index < -0.39 is 5.97 Å². The lowest BCUT2D eigenvalue weighted by Crippen LogP contribution is -2.21. The molecule has 4 heteroatoms. The molecule has 2 rings (SSSR count). The highest BCUT2D eigenvalue weighted by Crippen LogP contribution is 2.32. The number of benzene rings is 1. The molecule has 0 aliphatic carbocycles. The van der Waals surface area contributed by atoms with Gasteiger partial charge in [0.25, 0.3) is 0 Å². The van der Waals surface area contributed by atoms with Crippen molar-refractivity contribution in [3.63, 3.8) is 0 Å². The van der Waals surface area contributed by atoms with Gasteiger partial charge in [-0.2, -0.15) is 0 Å². The van der Waals surface area contributed by atoms with Crippen LogP contribution in [0.15, 0.2) is 24.3 Å². The van der Waals surface area contributed by atoms with Crippen LogP contribution in [0.2, 0.25) is 0 Å². The monoisotopic (exact) mass is 220 g/mol. The van der Waals surface area contributed by atoms with Crippen molar-refractivity contribution in [2.24, 2.45) is 5.92 Å².